The number of aryl methyl sites for hydroxylation is 1. The molecule has 0 aliphatic heterocycles. The average Bonchev–Trinajstić information content (AvgIpc) is 2.89. The first-order valence-corrected chi connectivity index (χ1v) is 7.01. The fourth-order valence-electron chi connectivity index (χ4n) is 1.83. The second-order valence-electron chi connectivity index (χ2n) is 4.75. The van der Waals surface area contributed by atoms with Gasteiger partial charge in [0.2, 0.25) is 0 Å². The lowest BCUT2D eigenvalue weighted by molar-refractivity contribution is -0.119. The van der Waals surface area contributed by atoms with Crippen molar-refractivity contribution >= 4 is 34.9 Å². The highest BCUT2D eigenvalue weighted by atomic mass is 35.5. The van der Waals surface area contributed by atoms with Crippen LogP contribution in [0.25, 0.3) is 0 Å². The Morgan fingerprint density at radius 3 is 2.74 bits per heavy atom. The number of carbonyl (C=O) groups excluding carboxylic acids is 3. The zero-order valence-corrected chi connectivity index (χ0v) is 13.3. The minimum absolute atomic E-state index is 0.140. The molecule has 0 bridgehead atoms. The van der Waals surface area contributed by atoms with E-state index in [4.69, 9.17) is 16.3 Å². The van der Waals surface area contributed by atoms with Crippen molar-refractivity contribution in [3.63, 3.8) is 0 Å². The van der Waals surface area contributed by atoms with Crippen molar-refractivity contribution in [2.75, 3.05) is 11.9 Å². The number of esters is 1. The number of nitrogens with one attached hydrogen (secondary N) is 1. The molecule has 0 radical (unpaired) electrons. The summed E-state index contributed by atoms with van der Waals surface area (Å²) in [4.78, 5) is 38.8. The second kappa shape index (κ2) is 7.06. The molecule has 1 amide bonds. The molecule has 0 aliphatic carbocycles. The Morgan fingerprint density at radius 2 is 2.13 bits per heavy atom. The zero-order chi connectivity index (χ0) is 17.0. The second-order valence-corrected chi connectivity index (χ2v) is 5.11. The largest absolute Gasteiger partial charge is 0.451 e. The topological polar surface area (TPSA) is 90.3 Å². The minimum atomic E-state index is -0.701. The van der Waals surface area contributed by atoms with Crippen molar-refractivity contribution in [3.05, 3.63) is 47.0 Å². The third-order valence-corrected chi connectivity index (χ3v) is 3.29. The van der Waals surface area contributed by atoms with Crippen molar-refractivity contribution in [1.82, 2.24) is 9.55 Å². The summed E-state index contributed by atoms with van der Waals surface area (Å²) >= 11 is 5.81. The predicted octanol–water partition coefficient (Wildman–Crippen LogP) is 2.07. The van der Waals surface area contributed by atoms with E-state index >= 15 is 0 Å². The van der Waals surface area contributed by atoms with Crippen LogP contribution in [-0.2, 0) is 16.6 Å². The number of ether oxygens (including phenoxy) is 1. The van der Waals surface area contributed by atoms with E-state index in [0.29, 0.717) is 11.3 Å². The summed E-state index contributed by atoms with van der Waals surface area (Å²) in [5.74, 6) is -1.41. The number of amides is 1. The molecule has 2 aromatic rings. The molecule has 0 saturated heterocycles. The fraction of sp³-hybridized carbons (Fsp3) is 0.200. The van der Waals surface area contributed by atoms with Gasteiger partial charge in [-0.05, 0) is 25.1 Å². The number of Topliss-reactive ketones (excluding diaryl/α,β-unsaturated/α-hetero) is 1. The van der Waals surface area contributed by atoms with Gasteiger partial charge in [-0.25, -0.2) is 9.78 Å². The number of rotatable bonds is 5. The highest BCUT2D eigenvalue weighted by Gasteiger charge is 2.16. The van der Waals surface area contributed by atoms with Crippen molar-refractivity contribution in [3.8, 4) is 0 Å². The van der Waals surface area contributed by atoms with Gasteiger partial charge in [-0.15, -0.1) is 0 Å². The van der Waals surface area contributed by atoms with Crippen molar-refractivity contribution in [1.29, 1.82) is 0 Å². The molecule has 0 unspecified atom stereocenters. The number of pyridine rings is 1. The van der Waals surface area contributed by atoms with Crippen LogP contribution >= 0.6 is 11.6 Å². The van der Waals surface area contributed by atoms with Crippen LogP contribution in [-0.4, -0.2) is 33.8 Å². The van der Waals surface area contributed by atoms with E-state index in [9.17, 15) is 14.4 Å². The van der Waals surface area contributed by atoms with Crippen LogP contribution in [0.1, 0.15) is 27.8 Å². The number of ketones is 1. The Balaban J connectivity index is 1.95. The summed E-state index contributed by atoms with van der Waals surface area (Å²) in [6, 6.07) is 4.60. The predicted molar refractivity (Wildman–Crippen MR) is 83.6 cm³/mol. The van der Waals surface area contributed by atoms with E-state index in [0.717, 1.165) is 0 Å². The number of aromatic nitrogens is 2. The van der Waals surface area contributed by atoms with Crippen LogP contribution in [0.5, 0.6) is 0 Å². The van der Waals surface area contributed by atoms with E-state index in [2.05, 4.69) is 10.3 Å². The first-order chi connectivity index (χ1) is 10.9. The Morgan fingerprint density at radius 1 is 1.39 bits per heavy atom. The van der Waals surface area contributed by atoms with Gasteiger partial charge in [-0.3, -0.25) is 9.59 Å². The quantitative estimate of drug-likeness (QED) is 0.513. The lowest BCUT2D eigenvalue weighted by Crippen LogP contribution is -2.22. The smallest absolute Gasteiger partial charge is 0.355 e. The van der Waals surface area contributed by atoms with Crippen molar-refractivity contribution in [2.24, 2.45) is 7.05 Å². The van der Waals surface area contributed by atoms with Crippen LogP contribution in [0.4, 0.5) is 5.69 Å². The van der Waals surface area contributed by atoms with E-state index in [1.807, 2.05) is 0 Å². The van der Waals surface area contributed by atoms with Gasteiger partial charge in [-0.1, -0.05) is 11.6 Å². The molecule has 120 valence electrons. The molecular weight excluding hydrogens is 322 g/mol. The van der Waals surface area contributed by atoms with E-state index in [-0.39, 0.29) is 16.6 Å². The molecule has 0 aliphatic rings. The lowest BCUT2D eigenvalue weighted by Gasteiger charge is -2.07. The Labute approximate surface area is 137 Å². The zero-order valence-electron chi connectivity index (χ0n) is 12.5. The molecule has 0 saturated carbocycles. The number of carbonyl (C=O) groups is 3. The van der Waals surface area contributed by atoms with Gasteiger partial charge in [0, 0.05) is 25.0 Å². The Kier molecular flexibility index (Phi) is 5.13. The summed E-state index contributed by atoms with van der Waals surface area (Å²) in [6.45, 7) is 0.917. The van der Waals surface area contributed by atoms with Gasteiger partial charge in [0.1, 0.15) is 5.69 Å². The maximum absolute atomic E-state index is 12.0. The van der Waals surface area contributed by atoms with Crippen LogP contribution in [0.2, 0.25) is 5.15 Å². The monoisotopic (exact) mass is 335 g/mol. The minimum Gasteiger partial charge on any atom is -0.451 e. The molecule has 2 aromatic heterocycles. The highest BCUT2D eigenvalue weighted by Crippen LogP contribution is 2.17. The first-order valence-electron chi connectivity index (χ1n) is 6.63. The van der Waals surface area contributed by atoms with Crippen LogP contribution in [0.3, 0.4) is 0 Å². The normalized spacial score (nSPS) is 10.2. The van der Waals surface area contributed by atoms with E-state index in [1.165, 1.54) is 30.0 Å². The summed E-state index contributed by atoms with van der Waals surface area (Å²) in [7, 11) is 1.61. The average molecular weight is 336 g/mol. The first kappa shape index (κ1) is 16.7. The molecule has 0 spiro atoms. The van der Waals surface area contributed by atoms with Crippen LogP contribution in [0.15, 0.2) is 30.6 Å². The maximum Gasteiger partial charge on any atom is 0.355 e. The Bertz CT molecular complexity index is 770. The summed E-state index contributed by atoms with van der Waals surface area (Å²) < 4.78 is 6.40. The molecule has 0 fully saturated rings. The lowest BCUT2D eigenvalue weighted by atomic mass is 10.2. The highest BCUT2D eigenvalue weighted by molar-refractivity contribution is 6.32. The number of hydrogen-bond donors (Lipinski definition) is 1. The molecule has 2 rings (SSSR count). The van der Waals surface area contributed by atoms with Gasteiger partial charge in [-0.2, -0.15) is 0 Å². The van der Waals surface area contributed by atoms with Gasteiger partial charge in [0.05, 0.1) is 5.69 Å². The third kappa shape index (κ3) is 4.17. The van der Waals surface area contributed by atoms with Crippen molar-refractivity contribution < 1.29 is 19.1 Å². The maximum atomic E-state index is 12.0. The van der Waals surface area contributed by atoms with Crippen LogP contribution < -0.4 is 5.32 Å². The molecule has 0 aromatic carbocycles. The summed E-state index contributed by atoms with van der Waals surface area (Å²) in [5.41, 5.74) is 0.904. The Hall–Kier alpha value is -2.67. The standard InChI is InChI=1S/C15H14ClN3O4/c1-9(20)10-6-12(19(2)7-10)15(22)23-8-13(21)18-11-4-3-5-17-14(11)16/h3-7H,8H2,1-2H3,(H,18,21). The molecule has 8 heteroatoms. The molecule has 7 nitrogen and oxygen atoms in total. The van der Waals surface area contributed by atoms with Gasteiger partial charge < -0.3 is 14.6 Å². The number of anilines is 1. The molecule has 23 heavy (non-hydrogen) atoms. The third-order valence-electron chi connectivity index (χ3n) is 2.99. The molecule has 0 atom stereocenters. The van der Waals surface area contributed by atoms with Crippen LogP contribution in [0, 0.1) is 0 Å². The van der Waals surface area contributed by atoms with Gasteiger partial charge >= 0.3 is 5.97 Å². The SMILES string of the molecule is CC(=O)c1cc(C(=O)OCC(=O)Nc2cccnc2Cl)n(C)c1. The molecule has 2 heterocycles. The summed E-state index contributed by atoms with van der Waals surface area (Å²) in [5, 5.41) is 2.62. The summed E-state index contributed by atoms with van der Waals surface area (Å²) in [6.07, 6.45) is 3.01. The number of nitrogens with zero attached hydrogens (tertiary/aromatic N) is 2. The van der Waals surface area contributed by atoms with Gasteiger partial charge in [0.25, 0.3) is 5.91 Å². The number of hydrogen-bond acceptors (Lipinski definition) is 5. The van der Waals surface area contributed by atoms with Gasteiger partial charge in [0.15, 0.2) is 17.5 Å². The van der Waals surface area contributed by atoms with E-state index in [1.54, 1.807) is 19.2 Å². The van der Waals surface area contributed by atoms with E-state index < -0.39 is 18.5 Å². The number of halogens is 1. The van der Waals surface area contributed by atoms with Crippen molar-refractivity contribution in [2.45, 2.75) is 6.92 Å². The molecule has 1 N–H and O–H groups in total. The fourth-order valence-corrected chi connectivity index (χ4v) is 2.00. The molecular formula is C15H14ClN3O4.